The Labute approximate surface area is 88.3 Å². The molecule has 1 rings (SSSR count). The highest BCUT2D eigenvalue weighted by Crippen LogP contribution is 1.95. The molecule has 0 bridgehead atoms. The molecule has 0 aromatic carbocycles. The maximum atomic E-state index is 11.1. The van der Waals surface area contributed by atoms with Gasteiger partial charge in [0, 0.05) is 19.6 Å². The van der Waals surface area contributed by atoms with Gasteiger partial charge in [0.1, 0.15) is 6.61 Å². The summed E-state index contributed by atoms with van der Waals surface area (Å²) in [4.78, 5) is 23.6. The van der Waals surface area contributed by atoms with E-state index in [2.05, 4.69) is 17.2 Å². The lowest BCUT2D eigenvalue weighted by Crippen LogP contribution is -2.33. The summed E-state index contributed by atoms with van der Waals surface area (Å²) in [6.45, 7) is 5.78. The number of amides is 3. The minimum atomic E-state index is -0.491. The van der Waals surface area contributed by atoms with Crippen molar-refractivity contribution in [2.45, 2.75) is 0 Å². The van der Waals surface area contributed by atoms with E-state index in [4.69, 9.17) is 4.74 Å². The Morgan fingerprint density at radius 3 is 3.13 bits per heavy atom. The average Bonchev–Trinajstić information content (AvgIpc) is 2.61. The van der Waals surface area contributed by atoms with Crippen LogP contribution < -0.4 is 10.6 Å². The van der Waals surface area contributed by atoms with Crippen molar-refractivity contribution in [1.82, 2.24) is 15.5 Å². The molecule has 0 aromatic rings. The number of rotatable bonds is 5. The summed E-state index contributed by atoms with van der Waals surface area (Å²) in [5.41, 5.74) is 0. The van der Waals surface area contributed by atoms with Crippen LogP contribution in [0, 0.1) is 0 Å². The number of carbonyl (C=O) groups excluding carboxylic acids is 2. The molecule has 0 atom stereocenters. The number of hydrogen-bond acceptors (Lipinski definition) is 3. The standard InChI is InChI=1S/C9H15N3O3/c1-2-3-11-9(14)15-7-6-12-5-4-10-8(12)13/h2H,1,3-7H2,(H,10,13)(H,11,14). The van der Waals surface area contributed by atoms with Crippen LogP contribution in [0.5, 0.6) is 0 Å². The first-order valence-electron chi connectivity index (χ1n) is 4.78. The molecule has 0 saturated carbocycles. The van der Waals surface area contributed by atoms with Gasteiger partial charge in [-0.3, -0.25) is 0 Å². The van der Waals surface area contributed by atoms with Gasteiger partial charge >= 0.3 is 12.1 Å². The Bertz CT molecular complexity index is 255. The van der Waals surface area contributed by atoms with Gasteiger partial charge < -0.3 is 20.3 Å². The second kappa shape index (κ2) is 5.90. The number of nitrogens with zero attached hydrogens (tertiary/aromatic N) is 1. The highest BCUT2D eigenvalue weighted by molar-refractivity contribution is 5.76. The van der Waals surface area contributed by atoms with Crippen molar-refractivity contribution in [3.63, 3.8) is 0 Å². The van der Waals surface area contributed by atoms with Crippen molar-refractivity contribution < 1.29 is 14.3 Å². The van der Waals surface area contributed by atoms with E-state index in [1.165, 1.54) is 0 Å². The molecule has 0 spiro atoms. The number of hydrogen-bond donors (Lipinski definition) is 2. The van der Waals surface area contributed by atoms with Gasteiger partial charge in [-0.1, -0.05) is 6.08 Å². The summed E-state index contributed by atoms with van der Waals surface area (Å²) >= 11 is 0. The molecule has 15 heavy (non-hydrogen) atoms. The van der Waals surface area contributed by atoms with Gasteiger partial charge in [-0.15, -0.1) is 6.58 Å². The van der Waals surface area contributed by atoms with E-state index in [0.717, 1.165) is 0 Å². The van der Waals surface area contributed by atoms with Crippen molar-refractivity contribution in [2.24, 2.45) is 0 Å². The van der Waals surface area contributed by atoms with Crippen LogP contribution in [-0.4, -0.2) is 49.8 Å². The van der Waals surface area contributed by atoms with E-state index >= 15 is 0 Å². The summed E-state index contributed by atoms with van der Waals surface area (Å²) in [6.07, 6.45) is 1.07. The minimum Gasteiger partial charge on any atom is -0.448 e. The second-order valence-corrected chi connectivity index (χ2v) is 3.02. The Balaban J connectivity index is 2.07. The Morgan fingerprint density at radius 2 is 2.53 bits per heavy atom. The average molecular weight is 213 g/mol. The summed E-state index contributed by atoms with van der Waals surface area (Å²) in [5, 5.41) is 5.13. The largest absolute Gasteiger partial charge is 0.448 e. The van der Waals surface area contributed by atoms with Crippen molar-refractivity contribution >= 4 is 12.1 Å². The summed E-state index contributed by atoms with van der Waals surface area (Å²) in [5.74, 6) is 0. The van der Waals surface area contributed by atoms with E-state index in [1.54, 1.807) is 11.0 Å². The summed E-state index contributed by atoms with van der Waals surface area (Å²) in [7, 11) is 0. The fourth-order valence-electron chi connectivity index (χ4n) is 1.18. The molecule has 1 heterocycles. The molecule has 0 radical (unpaired) electrons. The molecule has 6 nitrogen and oxygen atoms in total. The lowest BCUT2D eigenvalue weighted by Gasteiger charge is -2.13. The van der Waals surface area contributed by atoms with E-state index in [-0.39, 0.29) is 12.6 Å². The molecule has 3 amide bonds. The van der Waals surface area contributed by atoms with Crippen LogP contribution >= 0.6 is 0 Å². The quantitative estimate of drug-likeness (QED) is 0.628. The second-order valence-electron chi connectivity index (χ2n) is 3.02. The van der Waals surface area contributed by atoms with Crippen LogP contribution in [-0.2, 0) is 4.74 Å². The highest BCUT2D eigenvalue weighted by Gasteiger charge is 2.18. The smallest absolute Gasteiger partial charge is 0.407 e. The Hall–Kier alpha value is -1.72. The van der Waals surface area contributed by atoms with Gasteiger partial charge in [0.05, 0.1) is 6.54 Å². The van der Waals surface area contributed by atoms with Gasteiger partial charge in [-0.2, -0.15) is 0 Å². The molecule has 1 aliphatic rings. The van der Waals surface area contributed by atoms with Crippen LogP contribution in [0.1, 0.15) is 0 Å². The lowest BCUT2D eigenvalue weighted by atomic mass is 10.5. The third-order valence-electron chi connectivity index (χ3n) is 1.93. The molecule has 0 aromatic heterocycles. The zero-order valence-electron chi connectivity index (χ0n) is 8.49. The van der Waals surface area contributed by atoms with Crippen LogP contribution in [0.25, 0.3) is 0 Å². The fraction of sp³-hybridized carbons (Fsp3) is 0.556. The van der Waals surface area contributed by atoms with Gasteiger partial charge in [0.15, 0.2) is 0 Å². The predicted molar refractivity (Wildman–Crippen MR) is 54.5 cm³/mol. The molecular weight excluding hydrogens is 198 g/mol. The maximum absolute atomic E-state index is 11.1. The monoisotopic (exact) mass is 213 g/mol. The first-order chi connectivity index (χ1) is 7.24. The molecule has 1 aliphatic heterocycles. The van der Waals surface area contributed by atoms with Gasteiger partial charge in [-0.25, -0.2) is 9.59 Å². The molecule has 1 fully saturated rings. The van der Waals surface area contributed by atoms with Crippen LogP contribution in [0.15, 0.2) is 12.7 Å². The van der Waals surface area contributed by atoms with Crippen LogP contribution in [0.4, 0.5) is 9.59 Å². The Morgan fingerprint density at radius 1 is 1.73 bits per heavy atom. The number of carbonyl (C=O) groups is 2. The first kappa shape index (κ1) is 11.4. The lowest BCUT2D eigenvalue weighted by molar-refractivity contribution is 0.135. The number of ether oxygens (including phenoxy) is 1. The number of alkyl carbamates (subject to hydrolysis) is 1. The predicted octanol–water partition coefficient (Wildman–Crippen LogP) is -0.0762. The van der Waals surface area contributed by atoms with E-state index in [1.807, 2.05) is 0 Å². The van der Waals surface area contributed by atoms with Gasteiger partial charge in [0.25, 0.3) is 0 Å². The SMILES string of the molecule is C=CCNC(=O)OCCN1CCNC1=O. The number of urea groups is 1. The van der Waals surface area contributed by atoms with Crippen molar-refractivity contribution in [3.05, 3.63) is 12.7 Å². The maximum Gasteiger partial charge on any atom is 0.407 e. The molecule has 2 N–H and O–H groups in total. The van der Waals surface area contributed by atoms with Crippen molar-refractivity contribution in [1.29, 1.82) is 0 Å². The zero-order chi connectivity index (χ0) is 11.1. The van der Waals surface area contributed by atoms with E-state index in [0.29, 0.717) is 26.2 Å². The van der Waals surface area contributed by atoms with Crippen molar-refractivity contribution in [3.8, 4) is 0 Å². The third kappa shape index (κ3) is 3.88. The molecule has 1 saturated heterocycles. The molecule has 0 unspecified atom stereocenters. The molecule has 84 valence electrons. The van der Waals surface area contributed by atoms with E-state index in [9.17, 15) is 9.59 Å². The first-order valence-corrected chi connectivity index (χ1v) is 4.78. The summed E-state index contributed by atoms with van der Waals surface area (Å²) in [6, 6.07) is -0.106. The third-order valence-corrected chi connectivity index (χ3v) is 1.93. The minimum absolute atomic E-state index is 0.106. The topological polar surface area (TPSA) is 70.7 Å². The van der Waals surface area contributed by atoms with Crippen LogP contribution in [0.3, 0.4) is 0 Å². The van der Waals surface area contributed by atoms with Crippen LogP contribution in [0.2, 0.25) is 0 Å². The van der Waals surface area contributed by atoms with Gasteiger partial charge in [-0.05, 0) is 0 Å². The van der Waals surface area contributed by atoms with E-state index < -0.39 is 6.09 Å². The molecule has 0 aliphatic carbocycles. The molecular formula is C9H15N3O3. The zero-order valence-corrected chi connectivity index (χ0v) is 8.49. The number of nitrogens with one attached hydrogen (secondary N) is 2. The Kier molecular flexibility index (Phi) is 4.46. The highest BCUT2D eigenvalue weighted by atomic mass is 16.5. The normalized spacial score (nSPS) is 14.7. The fourth-order valence-corrected chi connectivity index (χ4v) is 1.18. The molecule has 6 heteroatoms. The summed E-state index contributed by atoms with van der Waals surface area (Å²) < 4.78 is 4.83. The van der Waals surface area contributed by atoms with Crippen molar-refractivity contribution in [2.75, 3.05) is 32.8 Å². The van der Waals surface area contributed by atoms with Gasteiger partial charge in [0.2, 0.25) is 0 Å².